The highest BCUT2D eigenvalue weighted by Crippen LogP contribution is 2.37. The molecule has 2 N–H and O–H groups in total. The van der Waals surface area contributed by atoms with E-state index in [1.54, 1.807) is 0 Å². The van der Waals surface area contributed by atoms with Gasteiger partial charge in [0.25, 0.3) is 0 Å². The maximum absolute atomic E-state index is 5.84. The van der Waals surface area contributed by atoms with Crippen LogP contribution in [0.25, 0.3) is 0 Å². The molecule has 1 aliphatic carbocycles. The Bertz CT molecular complexity index is 328. The monoisotopic (exact) mass is 189 g/mol. The lowest BCUT2D eigenvalue weighted by Crippen LogP contribution is -2.14. The summed E-state index contributed by atoms with van der Waals surface area (Å²) in [6.07, 6.45) is 3.90. The Morgan fingerprint density at radius 2 is 2.14 bits per heavy atom. The van der Waals surface area contributed by atoms with E-state index >= 15 is 0 Å². The zero-order valence-electron chi connectivity index (χ0n) is 9.09. The molecule has 1 nitrogen and oxygen atoms in total. The fourth-order valence-corrected chi connectivity index (χ4v) is 2.55. The minimum absolute atomic E-state index is 0.724. The predicted molar refractivity (Wildman–Crippen MR) is 61.4 cm³/mol. The van der Waals surface area contributed by atoms with E-state index in [4.69, 9.17) is 5.73 Å². The Morgan fingerprint density at radius 3 is 2.86 bits per heavy atom. The lowest BCUT2D eigenvalue weighted by molar-refractivity contribution is 0.434. The van der Waals surface area contributed by atoms with Crippen LogP contribution in [-0.2, 0) is 6.42 Å². The van der Waals surface area contributed by atoms with Crippen LogP contribution in [0.5, 0.6) is 0 Å². The Labute approximate surface area is 86.3 Å². The van der Waals surface area contributed by atoms with Crippen molar-refractivity contribution in [3.63, 3.8) is 0 Å². The number of hydrogen-bond acceptors (Lipinski definition) is 1. The zero-order valence-corrected chi connectivity index (χ0v) is 9.09. The van der Waals surface area contributed by atoms with Gasteiger partial charge in [0.05, 0.1) is 0 Å². The minimum atomic E-state index is 0.724. The predicted octanol–water partition coefficient (Wildman–Crippen LogP) is 3.34. The Hall–Kier alpha value is -0.980. The van der Waals surface area contributed by atoms with Gasteiger partial charge in [-0.25, -0.2) is 0 Å². The molecule has 0 aliphatic heterocycles. The SMILES string of the molecule is CC(C)C1CCCc2ccc(N)cc21. The van der Waals surface area contributed by atoms with E-state index in [1.807, 2.05) is 6.07 Å². The topological polar surface area (TPSA) is 26.0 Å². The summed E-state index contributed by atoms with van der Waals surface area (Å²) in [5.74, 6) is 1.46. The van der Waals surface area contributed by atoms with E-state index < -0.39 is 0 Å². The lowest BCUT2D eigenvalue weighted by Gasteiger charge is -2.28. The number of nitrogens with two attached hydrogens (primary N) is 1. The van der Waals surface area contributed by atoms with Crippen LogP contribution < -0.4 is 5.73 Å². The number of aryl methyl sites for hydroxylation is 1. The highest BCUT2D eigenvalue weighted by atomic mass is 14.5. The lowest BCUT2D eigenvalue weighted by atomic mass is 9.77. The fourth-order valence-electron chi connectivity index (χ4n) is 2.55. The second kappa shape index (κ2) is 3.64. The van der Waals surface area contributed by atoms with Crippen LogP contribution in [0.1, 0.15) is 43.7 Å². The van der Waals surface area contributed by atoms with E-state index in [2.05, 4.69) is 26.0 Å². The van der Waals surface area contributed by atoms with Crippen molar-refractivity contribution >= 4 is 5.69 Å². The van der Waals surface area contributed by atoms with E-state index in [0.717, 1.165) is 17.5 Å². The molecule has 0 amide bonds. The number of hydrogen-bond donors (Lipinski definition) is 1. The van der Waals surface area contributed by atoms with E-state index in [9.17, 15) is 0 Å². The Morgan fingerprint density at radius 1 is 1.36 bits per heavy atom. The first-order valence-corrected chi connectivity index (χ1v) is 5.57. The van der Waals surface area contributed by atoms with E-state index in [0.29, 0.717) is 0 Å². The molecule has 0 radical (unpaired) electrons. The second-order valence-corrected chi connectivity index (χ2v) is 4.70. The second-order valence-electron chi connectivity index (χ2n) is 4.70. The van der Waals surface area contributed by atoms with Crippen LogP contribution in [0.3, 0.4) is 0 Å². The maximum Gasteiger partial charge on any atom is 0.0317 e. The third-order valence-electron chi connectivity index (χ3n) is 3.34. The van der Waals surface area contributed by atoms with Crippen molar-refractivity contribution in [2.24, 2.45) is 5.92 Å². The average Bonchev–Trinajstić information content (AvgIpc) is 2.16. The van der Waals surface area contributed by atoms with Crippen molar-refractivity contribution in [2.75, 3.05) is 5.73 Å². The molecule has 1 heteroatoms. The molecule has 0 saturated carbocycles. The Kier molecular flexibility index (Phi) is 2.49. The molecule has 76 valence electrons. The van der Waals surface area contributed by atoms with Gasteiger partial charge in [-0.15, -0.1) is 0 Å². The summed E-state index contributed by atoms with van der Waals surface area (Å²) >= 11 is 0. The molecule has 1 atom stereocenters. The molecule has 1 unspecified atom stereocenters. The number of anilines is 1. The van der Waals surface area contributed by atoms with Gasteiger partial charge in [0.1, 0.15) is 0 Å². The summed E-state index contributed by atoms with van der Waals surface area (Å²) in [4.78, 5) is 0. The zero-order chi connectivity index (χ0) is 10.1. The van der Waals surface area contributed by atoms with Crippen molar-refractivity contribution in [1.82, 2.24) is 0 Å². The molecule has 0 bridgehead atoms. The van der Waals surface area contributed by atoms with Crippen LogP contribution in [0.4, 0.5) is 5.69 Å². The summed E-state index contributed by atoms with van der Waals surface area (Å²) in [5, 5.41) is 0. The van der Waals surface area contributed by atoms with Gasteiger partial charge in [0.15, 0.2) is 0 Å². The standard InChI is InChI=1S/C13H19N/c1-9(2)12-5-3-4-10-6-7-11(14)8-13(10)12/h6-9,12H,3-5,14H2,1-2H3. The summed E-state index contributed by atoms with van der Waals surface area (Å²) in [6, 6.07) is 6.42. The van der Waals surface area contributed by atoms with Crippen molar-refractivity contribution in [1.29, 1.82) is 0 Å². The van der Waals surface area contributed by atoms with Crippen LogP contribution >= 0.6 is 0 Å². The van der Waals surface area contributed by atoms with Crippen molar-refractivity contribution in [3.05, 3.63) is 29.3 Å². The summed E-state index contributed by atoms with van der Waals surface area (Å²) < 4.78 is 0. The highest BCUT2D eigenvalue weighted by Gasteiger charge is 2.22. The number of rotatable bonds is 1. The molecule has 0 spiro atoms. The summed E-state index contributed by atoms with van der Waals surface area (Å²) in [6.45, 7) is 4.62. The molecular formula is C13H19N. The van der Waals surface area contributed by atoms with Crippen molar-refractivity contribution < 1.29 is 0 Å². The van der Waals surface area contributed by atoms with Gasteiger partial charge in [0, 0.05) is 5.69 Å². The summed E-state index contributed by atoms with van der Waals surface area (Å²) in [5.41, 5.74) is 9.78. The molecule has 0 saturated heterocycles. The van der Waals surface area contributed by atoms with Gasteiger partial charge in [-0.2, -0.15) is 0 Å². The van der Waals surface area contributed by atoms with E-state index in [-0.39, 0.29) is 0 Å². The third kappa shape index (κ3) is 1.63. The molecule has 1 aliphatic rings. The average molecular weight is 189 g/mol. The molecular weight excluding hydrogens is 170 g/mol. The van der Waals surface area contributed by atoms with Gasteiger partial charge in [-0.3, -0.25) is 0 Å². The molecule has 1 aromatic carbocycles. The van der Waals surface area contributed by atoms with Crippen LogP contribution in [0, 0.1) is 5.92 Å². The number of benzene rings is 1. The largest absolute Gasteiger partial charge is 0.399 e. The highest BCUT2D eigenvalue weighted by molar-refractivity contribution is 5.47. The minimum Gasteiger partial charge on any atom is -0.399 e. The first kappa shape index (κ1) is 9.57. The molecule has 0 fully saturated rings. The van der Waals surface area contributed by atoms with Crippen LogP contribution in [0.2, 0.25) is 0 Å². The fraction of sp³-hybridized carbons (Fsp3) is 0.538. The molecule has 2 rings (SSSR count). The molecule has 0 heterocycles. The van der Waals surface area contributed by atoms with E-state index in [1.165, 1.54) is 30.4 Å². The quantitative estimate of drug-likeness (QED) is 0.674. The van der Waals surface area contributed by atoms with Crippen molar-refractivity contribution in [2.45, 2.75) is 39.0 Å². The smallest absolute Gasteiger partial charge is 0.0317 e. The number of fused-ring (bicyclic) bond motifs is 1. The number of nitrogen functional groups attached to an aromatic ring is 1. The van der Waals surface area contributed by atoms with Crippen molar-refractivity contribution in [3.8, 4) is 0 Å². The maximum atomic E-state index is 5.84. The summed E-state index contributed by atoms with van der Waals surface area (Å²) in [7, 11) is 0. The van der Waals surface area contributed by atoms with Gasteiger partial charge < -0.3 is 5.73 Å². The van der Waals surface area contributed by atoms with Crippen LogP contribution in [0.15, 0.2) is 18.2 Å². The van der Waals surface area contributed by atoms with Crippen LogP contribution in [-0.4, -0.2) is 0 Å². The first-order valence-electron chi connectivity index (χ1n) is 5.57. The van der Waals surface area contributed by atoms with Gasteiger partial charge >= 0.3 is 0 Å². The van der Waals surface area contributed by atoms with Gasteiger partial charge in [0.2, 0.25) is 0 Å². The van der Waals surface area contributed by atoms with Gasteiger partial charge in [-0.05, 0) is 54.4 Å². The molecule has 1 aromatic rings. The van der Waals surface area contributed by atoms with Gasteiger partial charge in [-0.1, -0.05) is 19.9 Å². The normalized spacial score (nSPS) is 20.9. The molecule has 14 heavy (non-hydrogen) atoms. The third-order valence-corrected chi connectivity index (χ3v) is 3.34. The first-order chi connectivity index (χ1) is 6.68. The Balaban J connectivity index is 2.41. The molecule has 0 aromatic heterocycles.